The molecule has 1 heterocycles. The van der Waals surface area contributed by atoms with Gasteiger partial charge in [0, 0.05) is 18.3 Å². The van der Waals surface area contributed by atoms with E-state index in [2.05, 4.69) is 51.8 Å². The van der Waals surface area contributed by atoms with E-state index in [1.807, 2.05) is 14.0 Å². The van der Waals surface area contributed by atoms with Crippen LogP contribution in [0.4, 0.5) is 17.3 Å². The molecule has 2 N–H and O–H groups in total. The second-order valence-corrected chi connectivity index (χ2v) is 4.87. The van der Waals surface area contributed by atoms with E-state index in [1.165, 1.54) is 18.4 Å². The fourth-order valence-corrected chi connectivity index (χ4v) is 2.10. The van der Waals surface area contributed by atoms with Crippen LogP contribution in [0.2, 0.25) is 0 Å². The van der Waals surface area contributed by atoms with Crippen LogP contribution in [0, 0.1) is 6.92 Å². The van der Waals surface area contributed by atoms with E-state index in [0.717, 1.165) is 29.3 Å². The number of unbranched alkanes of at least 4 members (excludes halogenated alkanes) is 1. The molecule has 1 aromatic carbocycles. The molecule has 0 aliphatic heterocycles. The average molecular weight is 270 g/mol. The standard InChI is InChI=1S/C16H22N4/c1-4-5-6-13-7-9-14(10-8-13)20-16-12(2)15(17-3)18-11-19-16/h7-11H,4-6H2,1-3H3,(H2,17,18,19,20). The van der Waals surface area contributed by atoms with Crippen molar-refractivity contribution >= 4 is 17.3 Å². The van der Waals surface area contributed by atoms with Gasteiger partial charge in [-0.3, -0.25) is 0 Å². The molecule has 20 heavy (non-hydrogen) atoms. The molecule has 4 nitrogen and oxygen atoms in total. The third kappa shape index (κ3) is 3.47. The van der Waals surface area contributed by atoms with Gasteiger partial charge in [0.15, 0.2) is 0 Å². The van der Waals surface area contributed by atoms with Crippen molar-refractivity contribution in [2.45, 2.75) is 33.1 Å². The first-order chi connectivity index (χ1) is 9.74. The van der Waals surface area contributed by atoms with E-state index in [4.69, 9.17) is 0 Å². The Morgan fingerprint density at radius 3 is 2.40 bits per heavy atom. The van der Waals surface area contributed by atoms with Crippen LogP contribution in [0.5, 0.6) is 0 Å². The lowest BCUT2D eigenvalue weighted by molar-refractivity contribution is 0.795. The van der Waals surface area contributed by atoms with E-state index in [0.29, 0.717) is 0 Å². The topological polar surface area (TPSA) is 49.8 Å². The lowest BCUT2D eigenvalue weighted by Gasteiger charge is -2.11. The van der Waals surface area contributed by atoms with Crippen molar-refractivity contribution in [2.24, 2.45) is 0 Å². The molecular formula is C16H22N4. The van der Waals surface area contributed by atoms with Gasteiger partial charge in [0.2, 0.25) is 0 Å². The van der Waals surface area contributed by atoms with Crippen LogP contribution in [-0.2, 0) is 6.42 Å². The van der Waals surface area contributed by atoms with Crippen molar-refractivity contribution < 1.29 is 0 Å². The molecule has 0 fully saturated rings. The quantitative estimate of drug-likeness (QED) is 0.835. The van der Waals surface area contributed by atoms with Crippen molar-refractivity contribution in [2.75, 3.05) is 17.7 Å². The van der Waals surface area contributed by atoms with Crippen molar-refractivity contribution in [3.8, 4) is 0 Å². The van der Waals surface area contributed by atoms with Gasteiger partial charge in [-0.1, -0.05) is 25.5 Å². The molecule has 4 heteroatoms. The number of nitrogens with zero attached hydrogens (tertiary/aromatic N) is 2. The lowest BCUT2D eigenvalue weighted by atomic mass is 10.1. The van der Waals surface area contributed by atoms with E-state index < -0.39 is 0 Å². The van der Waals surface area contributed by atoms with Crippen molar-refractivity contribution in [3.05, 3.63) is 41.7 Å². The molecular weight excluding hydrogens is 248 g/mol. The third-order valence-electron chi connectivity index (χ3n) is 3.36. The van der Waals surface area contributed by atoms with E-state index >= 15 is 0 Å². The summed E-state index contributed by atoms with van der Waals surface area (Å²) in [7, 11) is 1.86. The molecule has 0 bridgehead atoms. The first-order valence-corrected chi connectivity index (χ1v) is 7.10. The average Bonchev–Trinajstić information content (AvgIpc) is 2.48. The van der Waals surface area contributed by atoms with E-state index in [9.17, 15) is 0 Å². The van der Waals surface area contributed by atoms with Crippen molar-refractivity contribution in [3.63, 3.8) is 0 Å². The van der Waals surface area contributed by atoms with Gasteiger partial charge in [-0.25, -0.2) is 9.97 Å². The predicted octanol–water partition coefficient (Wildman–Crippen LogP) is 3.91. The molecule has 2 aromatic rings. The summed E-state index contributed by atoms with van der Waals surface area (Å²) in [5.74, 6) is 1.69. The van der Waals surface area contributed by atoms with Crippen molar-refractivity contribution in [1.82, 2.24) is 9.97 Å². The Labute approximate surface area is 120 Å². The van der Waals surface area contributed by atoms with Crippen LogP contribution in [0.15, 0.2) is 30.6 Å². The number of rotatable bonds is 6. The number of benzene rings is 1. The Kier molecular flexibility index (Phi) is 4.93. The molecule has 0 aliphatic rings. The van der Waals surface area contributed by atoms with Gasteiger partial charge in [0.05, 0.1) is 0 Å². The molecule has 0 saturated carbocycles. The minimum atomic E-state index is 0.839. The van der Waals surface area contributed by atoms with Crippen LogP contribution >= 0.6 is 0 Å². The molecule has 0 saturated heterocycles. The molecule has 0 unspecified atom stereocenters. The maximum atomic E-state index is 4.29. The Morgan fingerprint density at radius 2 is 1.75 bits per heavy atom. The summed E-state index contributed by atoms with van der Waals surface area (Å²) < 4.78 is 0. The maximum Gasteiger partial charge on any atom is 0.138 e. The van der Waals surface area contributed by atoms with Crippen LogP contribution in [0.3, 0.4) is 0 Å². The summed E-state index contributed by atoms with van der Waals surface area (Å²) in [4.78, 5) is 8.48. The first kappa shape index (κ1) is 14.3. The Hall–Kier alpha value is -2.10. The number of nitrogens with one attached hydrogen (secondary N) is 2. The van der Waals surface area contributed by atoms with Crippen LogP contribution in [0.25, 0.3) is 0 Å². The predicted molar refractivity (Wildman–Crippen MR) is 84.7 cm³/mol. The fraction of sp³-hybridized carbons (Fsp3) is 0.375. The molecule has 1 aromatic heterocycles. The highest BCUT2D eigenvalue weighted by atomic mass is 15.1. The van der Waals surface area contributed by atoms with Crippen LogP contribution in [0.1, 0.15) is 30.9 Å². The summed E-state index contributed by atoms with van der Waals surface area (Å²) >= 11 is 0. The van der Waals surface area contributed by atoms with Crippen LogP contribution in [-0.4, -0.2) is 17.0 Å². The number of hydrogen-bond acceptors (Lipinski definition) is 4. The highest BCUT2D eigenvalue weighted by Crippen LogP contribution is 2.22. The SMILES string of the molecule is CCCCc1ccc(Nc2ncnc(NC)c2C)cc1. The Balaban J connectivity index is 2.10. The monoisotopic (exact) mass is 270 g/mol. The van der Waals surface area contributed by atoms with Gasteiger partial charge in [-0.15, -0.1) is 0 Å². The summed E-state index contributed by atoms with van der Waals surface area (Å²) in [6.45, 7) is 4.22. The largest absolute Gasteiger partial charge is 0.373 e. The minimum absolute atomic E-state index is 0.839. The van der Waals surface area contributed by atoms with Gasteiger partial charge < -0.3 is 10.6 Å². The lowest BCUT2D eigenvalue weighted by Crippen LogP contribution is -2.02. The van der Waals surface area contributed by atoms with Gasteiger partial charge in [0.1, 0.15) is 18.0 Å². The van der Waals surface area contributed by atoms with E-state index in [1.54, 1.807) is 6.33 Å². The zero-order chi connectivity index (χ0) is 14.4. The summed E-state index contributed by atoms with van der Waals surface area (Å²) in [5.41, 5.74) is 3.45. The number of aromatic nitrogens is 2. The molecule has 0 amide bonds. The minimum Gasteiger partial charge on any atom is -0.373 e. The Morgan fingerprint density at radius 1 is 1.05 bits per heavy atom. The van der Waals surface area contributed by atoms with Gasteiger partial charge >= 0.3 is 0 Å². The molecule has 0 radical (unpaired) electrons. The number of anilines is 3. The third-order valence-corrected chi connectivity index (χ3v) is 3.36. The number of hydrogen-bond donors (Lipinski definition) is 2. The zero-order valence-electron chi connectivity index (χ0n) is 12.4. The maximum absolute atomic E-state index is 4.29. The summed E-state index contributed by atoms with van der Waals surface area (Å²) in [6, 6.07) is 8.55. The highest BCUT2D eigenvalue weighted by molar-refractivity contribution is 5.64. The van der Waals surface area contributed by atoms with Gasteiger partial charge in [0.25, 0.3) is 0 Å². The molecule has 0 spiro atoms. The Bertz CT molecular complexity index is 549. The molecule has 0 atom stereocenters. The van der Waals surface area contributed by atoms with Crippen molar-refractivity contribution in [1.29, 1.82) is 0 Å². The molecule has 106 valence electrons. The van der Waals surface area contributed by atoms with Crippen LogP contribution < -0.4 is 10.6 Å². The normalized spacial score (nSPS) is 10.3. The smallest absolute Gasteiger partial charge is 0.138 e. The second-order valence-electron chi connectivity index (χ2n) is 4.87. The van der Waals surface area contributed by atoms with Gasteiger partial charge in [-0.05, 0) is 37.5 Å². The molecule has 2 rings (SSSR count). The second kappa shape index (κ2) is 6.89. The first-order valence-electron chi connectivity index (χ1n) is 7.10. The van der Waals surface area contributed by atoms with Gasteiger partial charge in [-0.2, -0.15) is 0 Å². The summed E-state index contributed by atoms with van der Waals surface area (Å²) in [6.07, 6.45) is 5.18. The summed E-state index contributed by atoms with van der Waals surface area (Å²) in [5, 5.41) is 6.40. The highest BCUT2D eigenvalue weighted by Gasteiger charge is 2.05. The number of aryl methyl sites for hydroxylation is 1. The fourth-order valence-electron chi connectivity index (χ4n) is 2.10. The van der Waals surface area contributed by atoms with E-state index in [-0.39, 0.29) is 0 Å². The molecule has 0 aliphatic carbocycles. The zero-order valence-corrected chi connectivity index (χ0v) is 12.4.